The molecule has 0 saturated heterocycles. The third-order valence-electron chi connectivity index (χ3n) is 2.48. The lowest BCUT2D eigenvalue weighted by molar-refractivity contribution is 0.588. The van der Waals surface area contributed by atoms with Crippen LogP contribution in [0.15, 0.2) is 23.1 Å². The normalized spacial score (nSPS) is 11.5. The molecule has 0 aliphatic heterocycles. The summed E-state index contributed by atoms with van der Waals surface area (Å²) >= 11 is 0. The van der Waals surface area contributed by atoms with E-state index in [1.54, 1.807) is 18.2 Å². The second kappa shape index (κ2) is 6.00. The maximum absolute atomic E-state index is 11.6. The summed E-state index contributed by atoms with van der Waals surface area (Å²) in [5.41, 5.74) is 7.25. The van der Waals surface area contributed by atoms with Crippen LogP contribution in [0.3, 0.4) is 0 Å². The molecule has 0 atom stereocenters. The number of benzene rings is 1. The molecule has 1 aromatic rings. The van der Waals surface area contributed by atoms with Crippen molar-refractivity contribution < 1.29 is 8.42 Å². The van der Waals surface area contributed by atoms with Crippen LogP contribution in [0.25, 0.3) is 0 Å². The van der Waals surface area contributed by atoms with Crippen molar-refractivity contribution in [3.8, 4) is 0 Å². The van der Waals surface area contributed by atoms with Gasteiger partial charge in [0.1, 0.15) is 0 Å². The van der Waals surface area contributed by atoms with E-state index in [0.717, 1.165) is 24.2 Å². The fourth-order valence-electron chi connectivity index (χ4n) is 1.40. The highest BCUT2D eigenvalue weighted by atomic mass is 32.2. The lowest BCUT2D eigenvalue weighted by Crippen LogP contribution is -2.19. The van der Waals surface area contributed by atoms with Crippen molar-refractivity contribution in [2.45, 2.75) is 18.2 Å². The van der Waals surface area contributed by atoms with Crippen LogP contribution < -0.4 is 15.8 Å². The van der Waals surface area contributed by atoms with Gasteiger partial charge in [-0.05, 0) is 44.6 Å². The monoisotopic (exact) mass is 257 g/mol. The van der Waals surface area contributed by atoms with Gasteiger partial charge in [-0.1, -0.05) is 6.07 Å². The van der Waals surface area contributed by atoms with E-state index in [1.165, 1.54) is 7.05 Å². The molecule has 0 aliphatic carbocycles. The Morgan fingerprint density at radius 2 is 2.06 bits per heavy atom. The Morgan fingerprint density at radius 1 is 1.35 bits per heavy atom. The molecule has 17 heavy (non-hydrogen) atoms. The molecule has 0 amide bonds. The standard InChI is InChI=1S/C11H19N3O2S/c1-9-4-5-10(17(15,16)13-2)8-11(9)14-7-3-6-12/h4-5,8,13-14H,3,6-7,12H2,1-2H3. The van der Waals surface area contributed by atoms with Crippen molar-refractivity contribution in [2.75, 3.05) is 25.5 Å². The van der Waals surface area contributed by atoms with Crippen LogP contribution in [0, 0.1) is 6.92 Å². The third-order valence-corrected chi connectivity index (χ3v) is 3.90. The van der Waals surface area contributed by atoms with E-state index in [4.69, 9.17) is 5.73 Å². The van der Waals surface area contributed by atoms with Crippen molar-refractivity contribution in [1.82, 2.24) is 4.72 Å². The van der Waals surface area contributed by atoms with E-state index in [2.05, 4.69) is 10.0 Å². The van der Waals surface area contributed by atoms with Gasteiger partial charge < -0.3 is 11.1 Å². The molecule has 1 rings (SSSR count). The quantitative estimate of drug-likeness (QED) is 0.654. The van der Waals surface area contributed by atoms with Crippen LogP contribution in [0.4, 0.5) is 5.69 Å². The van der Waals surface area contributed by atoms with Crippen molar-refractivity contribution in [2.24, 2.45) is 5.73 Å². The zero-order chi connectivity index (χ0) is 12.9. The maximum atomic E-state index is 11.6. The molecule has 1 aromatic carbocycles. The number of hydrogen-bond donors (Lipinski definition) is 3. The van der Waals surface area contributed by atoms with Crippen LogP contribution in [0.5, 0.6) is 0 Å². The predicted molar refractivity (Wildman–Crippen MR) is 69.6 cm³/mol. The molecule has 0 fully saturated rings. The second-order valence-electron chi connectivity index (χ2n) is 3.75. The number of anilines is 1. The van der Waals surface area contributed by atoms with E-state index in [1.807, 2.05) is 6.92 Å². The highest BCUT2D eigenvalue weighted by Gasteiger charge is 2.12. The molecule has 4 N–H and O–H groups in total. The molecule has 0 aliphatic rings. The first-order chi connectivity index (χ1) is 8.01. The summed E-state index contributed by atoms with van der Waals surface area (Å²) in [5.74, 6) is 0. The molecular formula is C11H19N3O2S. The van der Waals surface area contributed by atoms with Crippen LogP contribution in [0.2, 0.25) is 0 Å². The zero-order valence-electron chi connectivity index (χ0n) is 10.2. The Labute approximate surface area is 102 Å². The van der Waals surface area contributed by atoms with Gasteiger partial charge in [-0.2, -0.15) is 0 Å². The Kier molecular flexibility index (Phi) is 4.92. The van der Waals surface area contributed by atoms with E-state index in [9.17, 15) is 8.42 Å². The molecule has 0 radical (unpaired) electrons. The minimum atomic E-state index is -3.38. The molecule has 0 bridgehead atoms. The van der Waals surface area contributed by atoms with E-state index in [-0.39, 0.29) is 4.90 Å². The first-order valence-electron chi connectivity index (χ1n) is 5.49. The van der Waals surface area contributed by atoms with Gasteiger partial charge >= 0.3 is 0 Å². The van der Waals surface area contributed by atoms with E-state index in [0.29, 0.717) is 6.54 Å². The minimum Gasteiger partial charge on any atom is -0.385 e. The molecule has 96 valence electrons. The van der Waals surface area contributed by atoms with E-state index >= 15 is 0 Å². The van der Waals surface area contributed by atoms with Gasteiger partial charge in [-0.3, -0.25) is 0 Å². The Balaban J connectivity index is 2.95. The summed E-state index contributed by atoms with van der Waals surface area (Å²) in [4.78, 5) is 0.265. The van der Waals surface area contributed by atoms with Crippen molar-refractivity contribution in [3.63, 3.8) is 0 Å². The molecular weight excluding hydrogens is 238 g/mol. The number of sulfonamides is 1. The average molecular weight is 257 g/mol. The molecule has 0 heterocycles. The summed E-state index contributed by atoms with van der Waals surface area (Å²) in [7, 11) is -1.98. The van der Waals surface area contributed by atoms with E-state index < -0.39 is 10.0 Å². The number of hydrogen-bond acceptors (Lipinski definition) is 4. The molecule has 0 unspecified atom stereocenters. The second-order valence-corrected chi connectivity index (χ2v) is 5.64. The smallest absolute Gasteiger partial charge is 0.240 e. The average Bonchev–Trinajstić information content (AvgIpc) is 2.31. The molecule has 6 heteroatoms. The first kappa shape index (κ1) is 14.0. The predicted octanol–water partition coefficient (Wildman–Crippen LogP) is 0.664. The fourth-order valence-corrected chi connectivity index (χ4v) is 2.16. The summed E-state index contributed by atoms with van der Waals surface area (Å²) in [5, 5.41) is 3.18. The summed E-state index contributed by atoms with van der Waals surface area (Å²) in [6, 6.07) is 5.02. The van der Waals surface area contributed by atoms with Gasteiger partial charge in [0.2, 0.25) is 10.0 Å². The van der Waals surface area contributed by atoms with Crippen molar-refractivity contribution >= 4 is 15.7 Å². The molecule has 0 aromatic heterocycles. The van der Waals surface area contributed by atoms with Crippen molar-refractivity contribution in [1.29, 1.82) is 0 Å². The summed E-state index contributed by atoms with van der Waals surface area (Å²) in [6.07, 6.45) is 0.850. The van der Waals surface area contributed by atoms with Gasteiger partial charge in [0.15, 0.2) is 0 Å². The Hall–Kier alpha value is -1.11. The lowest BCUT2D eigenvalue weighted by atomic mass is 10.2. The van der Waals surface area contributed by atoms with Gasteiger partial charge in [0.05, 0.1) is 4.90 Å². The molecule has 0 spiro atoms. The van der Waals surface area contributed by atoms with Crippen LogP contribution in [-0.2, 0) is 10.0 Å². The molecule has 5 nitrogen and oxygen atoms in total. The first-order valence-corrected chi connectivity index (χ1v) is 6.97. The fraction of sp³-hybridized carbons (Fsp3) is 0.455. The van der Waals surface area contributed by atoms with Crippen LogP contribution >= 0.6 is 0 Å². The van der Waals surface area contributed by atoms with Crippen molar-refractivity contribution in [3.05, 3.63) is 23.8 Å². The Bertz CT molecular complexity index is 472. The number of rotatable bonds is 6. The van der Waals surface area contributed by atoms with Gasteiger partial charge in [-0.15, -0.1) is 0 Å². The molecule has 0 saturated carbocycles. The number of nitrogens with two attached hydrogens (primary N) is 1. The van der Waals surface area contributed by atoms with Gasteiger partial charge in [-0.25, -0.2) is 13.1 Å². The zero-order valence-corrected chi connectivity index (χ0v) is 11.0. The largest absolute Gasteiger partial charge is 0.385 e. The highest BCUT2D eigenvalue weighted by Crippen LogP contribution is 2.19. The van der Waals surface area contributed by atoms with Gasteiger partial charge in [0.25, 0.3) is 0 Å². The maximum Gasteiger partial charge on any atom is 0.240 e. The summed E-state index contributed by atoms with van der Waals surface area (Å²) in [6.45, 7) is 3.28. The number of aryl methyl sites for hydroxylation is 1. The van der Waals surface area contributed by atoms with Crippen LogP contribution in [-0.4, -0.2) is 28.6 Å². The Morgan fingerprint density at radius 3 is 2.65 bits per heavy atom. The lowest BCUT2D eigenvalue weighted by Gasteiger charge is -2.11. The highest BCUT2D eigenvalue weighted by molar-refractivity contribution is 7.89. The van der Waals surface area contributed by atoms with Gasteiger partial charge in [0, 0.05) is 12.2 Å². The topological polar surface area (TPSA) is 84.2 Å². The minimum absolute atomic E-state index is 0.265. The van der Waals surface area contributed by atoms with Crippen LogP contribution in [0.1, 0.15) is 12.0 Å². The number of nitrogens with one attached hydrogen (secondary N) is 2. The SMILES string of the molecule is CNS(=O)(=O)c1ccc(C)c(NCCCN)c1. The third kappa shape index (κ3) is 3.69. The summed E-state index contributed by atoms with van der Waals surface area (Å²) < 4.78 is 25.6.